The van der Waals surface area contributed by atoms with Crippen molar-refractivity contribution in [3.05, 3.63) is 37.1 Å². The average molecular weight is 295 g/mol. The fourth-order valence-electron chi connectivity index (χ4n) is 1.85. The molecule has 2 N–H and O–H groups in total. The molecule has 120 valence electrons. The van der Waals surface area contributed by atoms with Crippen LogP contribution in [0.4, 0.5) is 0 Å². The van der Waals surface area contributed by atoms with E-state index in [0.717, 1.165) is 6.42 Å². The van der Waals surface area contributed by atoms with Gasteiger partial charge in [0.2, 0.25) is 0 Å². The van der Waals surface area contributed by atoms with Gasteiger partial charge in [-0.05, 0) is 51.7 Å². The molecular weight excluding hydrogens is 266 g/mol. The van der Waals surface area contributed by atoms with E-state index in [1.54, 1.807) is 13.2 Å². The van der Waals surface area contributed by atoms with Crippen molar-refractivity contribution in [1.29, 1.82) is 0 Å². The molecule has 0 fully saturated rings. The quantitative estimate of drug-likeness (QED) is 0.307. The van der Waals surface area contributed by atoms with Crippen molar-refractivity contribution in [3.63, 3.8) is 0 Å². The summed E-state index contributed by atoms with van der Waals surface area (Å²) in [7, 11) is 1.60. The smallest absolute Gasteiger partial charge is 0.310 e. The maximum absolute atomic E-state index is 12.1. The van der Waals surface area contributed by atoms with Gasteiger partial charge in [0, 0.05) is 6.54 Å². The molecule has 0 aromatic rings. The van der Waals surface area contributed by atoms with Crippen molar-refractivity contribution in [2.45, 2.75) is 39.2 Å². The second kappa shape index (κ2) is 9.40. The average Bonchev–Trinajstić information content (AvgIpc) is 2.41. The predicted octanol–water partition coefficient (Wildman–Crippen LogP) is 3.20. The number of carbonyl (C=O) groups is 1. The lowest BCUT2D eigenvalue weighted by atomic mass is 9.91. The first-order chi connectivity index (χ1) is 9.77. The molecule has 0 spiro atoms. The first-order valence-corrected chi connectivity index (χ1v) is 7.19. The summed E-state index contributed by atoms with van der Waals surface area (Å²) >= 11 is 0. The van der Waals surface area contributed by atoms with Crippen LogP contribution in [0.3, 0.4) is 0 Å². The Morgan fingerprint density at radius 1 is 1.33 bits per heavy atom. The lowest BCUT2D eigenvalue weighted by molar-refractivity contribution is -0.160. The molecule has 0 saturated heterocycles. The Labute approximate surface area is 128 Å². The Morgan fingerprint density at radius 3 is 2.33 bits per heavy atom. The maximum atomic E-state index is 12.1. The standard InChI is InChI=1S/C17H29NO3/c1-7-13(9-10-15(8-2)20-6)11-14(12-18)16(19)21-17(3,4)5/h7-8,10,13-14H,1-2,9,11-12,18H2,3-6H3/b15-10+. The molecule has 0 aliphatic carbocycles. The van der Waals surface area contributed by atoms with Crippen LogP contribution in [0.25, 0.3) is 0 Å². The van der Waals surface area contributed by atoms with Crippen LogP contribution in [-0.2, 0) is 14.3 Å². The summed E-state index contributed by atoms with van der Waals surface area (Å²) in [6, 6.07) is 0. The normalized spacial score (nSPS) is 15.0. The van der Waals surface area contributed by atoms with Gasteiger partial charge in [0.15, 0.2) is 0 Å². The summed E-state index contributed by atoms with van der Waals surface area (Å²) in [6.07, 6.45) is 6.74. The fourth-order valence-corrected chi connectivity index (χ4v) is 1.85. The zero-order valence-corrected chi connectivity index (χ0v) is 13.7. The molecule has 0 bridgehead atoms. The third-order valence-corrected chi connectivity index (χ3v) is 3.00. The number of hydrogen-bond donors (Lipinski definition) is 1. The fraction of sp³-hybridized carbons (Fsp3) is 0.588. The van der Waals surface area contributed by atoms with Crippen LogP contribution < -0.4 is 5.73 Å². The Bertz CT molecular complexity index is 380. The van der Waals surface area contributed by atoms with Crippen molar-refractivity contribution in [2.75, 3.05) is 13.7 Å². The van der Waals surface area contributed by atoms with Crippen LogP contribution >= 0.6 is 0 Å². The molecule has 0 rings (SSSR count). The molecule has 0 aliphatic heterocycles. The van der Waals surface area contributed by atoms with E-state index in [1.165, 1.54) is 0 Å². The third-order valence-electron chi connectivity index (χ3n) is 3.00. The topological polar surface area (TPSA) is 61.6 Å². The Hall–Kier alpha value is -1.55. The first kappa shape index (κ1) is 19.4. The van der Waals surface area contributed by atoms with Gasteiger partial charge in [-0.1, -0.05) is 12.7 Å². The molecule has 0 radical (unpaired) electrons. The van der Waals surface area contributed by atoms with Crippen LogP contribution in [-0.4, -0.2) is 25.2 Å². The lowest BCUT2D eigenvalue weighted by Gasteiger charge is -2.24. The minimum atomic E-state index is -0.500. The van der Waals surface area contributed by atoms with Crippen molar-refractivity contribution in [3.8, 4) is 0 Å². The van der Waals surface area contributed by atoms with Gasteiger partial charge in [-0.2, -0.15) is 0 Å². The highest BCUT2D eigenvalue weighted by Gasteiger charge is 2.25. The molecule has 0 saturated carbocycles. The van der Waals surface area contributed by atoms with Crippen molar-refractivity contribution < 1.29 is 14.3 Å². The van der Waals surface area contributed by atoms with Crippen LogP contribution in [0.15, 0.2) is 37.1 Å². The van der Waals surface area contributed by atoms with Crippen molar-refractivity contribution in [2.24, 2.45) is 17.6 Å². The van der Waals surface area contributed by atoms with E-state index >= 15 is 0 Å². The third kappa shape index (κ3) is 8.35. The summed E-state index contributed by atoms with van der Waals surface area (Å²) in [5.74, 6) is 0.270. The van der Waals surface area contributed by atoms with E-state index in [2.05, 4.69) is 13.2 Å². The molecule has 0 aliphatic rings. The maximum Gasteiger partial charge on any atom is 0.310 e. The molecule has 2 atom stereocenters. The van der Waals surface area contributed by atoms with Crippen molar-refractivity contribution in [1.82, 2.24) is 0 Å². The van der Waals surface area contributed by atoms with Gasteiger partial charge in [0.25, 0.3) is 0 Å². The van der Waals surface area contributed by atoms with E-state index in [4.69, 9.17) is 15.2 Å². The molecule has 0 aromatic carbocycles. The number of hydrogen-bond acceptors (Lipinski definition) is 4. The van der Waals surface area contributed by atoms with E-state index in [0.29, 0.717) is 12.2 Å². The highest BCUT2D eigenvalue weighted by atomic mass is 16.6. The van der Waals surface area contributed by atoms with Gasteiger partial charge in [-0.15, -0.1) is 6.58 Å². The minimum absolute atomic E-state index is 0.135. The van der Waals surface area contributed by atoms with Gasteiger partial charge in [-0.3, -0.25) is 4.79 Å². The molecule has 0 amide bonds. The van der Waals surface area contributed by atoms with Crippen molar-refractivity contribution >= 4 is 5.97 Å². The molecule has 4 nitrogen and oxygen atoms in total. The second-order valence-electron chi connectivity index (χ2n) is 5.95. The largest absolute Gasteiger partial charge is 0.497 e. The van der Waals surface area contributed by atoms with Crippen LogP contribution in [0.2, 0.25) is 0 Å². The lowest BCUT2D eigenvalue weighted by Crippen LogP contribution is -2.33. The number of carbonyl (C=O) groups excluding carboxylic acids is 1. The summed E-state index contributed by atoms with van der Waals surface area (Å²) in [4.78, 5) is 12.1. The van der Waals surface area contributed by atoms with Crippen LogP contribution in [0.5, 0.6) is 0 Å². The molecular formula is C17H29NO3. The number of esters is 1. The monoisotopic (exact) mass is 295 g/mol. The van der Waals surface area contributed by atoms with E-state index in [-0.39, 0.29) is 24.3 Å². The number of nitrogens with two attached hydrogens (primary N) is 1. The van der Waals surface area contributed by atoms with E-state index in [9.17, 15) is 4.79 Å². The summed E-state index contributed by atoms with van der Waals surface area (Å²) in [5, 5.41) is 0. The Balaban J connectivity index is 4.69. The van der Waals surface area contributed by atoms with Gasteiger partial charge >= 0.3 is 5.97 Å². The van der Waals surface area contributed by atoms with Gasteiger partial charge in [-0.25, -0.2) is 0 Å². The Kier molecular flexibility index (Phi) is 8.70. The Morgan fingerprint density at radius 2 is 1.95 bits per heavy atom. The molecule has 4 heteroatoms. The summed E-state index contributed by atoms with van der Waals surface area (Å²) in [5.41, 5.74) is 5.21. The highest BCUT2D eigenvalue weighted by molar-refractivity contribution is 5.73. The molecule has 21 heavy (non-hydrogen) atoms. The highest BCUT2D eigenvalue weighted by Crippen LogP contribution is 2.21. The molecule has 2 unspecified atom stereocenters. The zero-order valence-electron chi connectivity index (χ0n) is 13.7. The molecule has 0 aromatic heterocycles. The summed E-state index contributed by atoms with van der Waals surface area (Å²) < 4.78 is 10.5. The predicted molar refractivity (Wildman–Crippen MR) is 86.6 cm³/mol. The zero-order chi connectivity index (χ0) is 16.5. The van der Waals surface area contributed by atoms with E-state index < -0.39 is 5.60 Å². The van der Waals surface area contributed by atoms with Gasteiger partial charge in [0.05, 0.1) is 13.0 Å². The second-order valence-corrected chi connectivity index (χ2v) is 5.95. The van der Waals surface area contributed by atoms with E-state index in [1.807, 2.05) is 32.9 Å². The number of rotatable bonds is 9. The van der Waals surface area contributed by atoms with Gasteiger partial charge in [0.1, 0.15) is 11.4 Å². The van der Waals surface area contributed by atoms with Crippen LogP contribution in [0.1, 0.15) is 33.6 Å². The summed E-state index contributed by atoms with van der Waals surface area (Å²) in [6.45, 7) is 13.3. The number of methoxy groups -OCH3 is 1. The number of ether oxygens (including phenoxy) is 2. The SMILES string of the molecule is C=C/C(=C\CC(C=C)CC(CN)C(=O)OC(C)(C)C)OC. The minimum Gasteiger partial charge on any atom is -0.497 e. The first-order valence-electron chi connectivity index (χ1n) is 7.19. The number of allylic oxidation sites excluding steroid dienone is 3. The molecule has 0 heterocycles. The van der Waals surface area contributed by atoms with Crippen LogP contribution in [0, 0.1) is 11.8 Å². The van der Waals surface area contributed by atoms with Gasteiger partial charge < -0.3 is 15.2 Å².